The minimum absolute atomic E-state index is 0.0286. The van der Waals surface area contributed by atoms with E-state index in [1.165, 1.54) is 32.9 Å². The van der Waals surface area contributed by atoms with Crippen LogP contribution in [0.1, 0.15) is 29.8 Å². The summed E-state index contributed by atoms with van der Waals surface area (Å²) in [7, 11) is 0. The van der Waals surface area contributed by atoms with Crippen molar-refractivity contribution in [1.29, 1.82) is 0 Å². The number of carbonyl (C=O) groups is 1. The van der Waals surface area contributed by atoms with Crippen molar-refractivity contribution >= 4 is 17.7 Å². The van der Waals surface area contributed by atoms with E-state index in [0.717, 1.165) is 19.5 Å². The van der Waals surface area contributed by atoms with Crippen LogP contribution in [0.4, 0.5) is 0 Å². The Hall–Kier alpha value is -2.66. The van der Waals surface area contributed by atoms with Crippen LogP contribution in [0.2, 0.25) is 0 Å². The van der Waals surface area contributed by atoms with Gasteiger partial charge in [0.15, 0.2) is 0 Å². The van der Waals surface area contributed by atoms with Gasteiger partial charge in [-0.05, 0) is 54.5 Å². The van der Waals surface area contributed by atoms with E-state index >= 15 is 0 Å². The molecule has 0 radical (unpaired) electrons. The van der Waals surface area contributed by atoms with Crippen LogP contribution in [0.25, 0.3) is 11.1 Å². The van der Waals surface area contributed by atoms with Crippen LogP contribution in [-0.2, 0) is 9.53 Å². The first kappa shape index (κ1) is 20.3. The number of nitrogens with one attached hydrogen (secondary N) is 1. The lowest BCUT2D eigenvalue weighted by atomic mass is 9.96. The number of hydrogen-bond donors (Lipinski definition) is 1. The highest BCUT2D eigenvalue weighted by Crippen LogP contribution is 2.46. The molecule has 2 heterocycles. The molecular weight excluding hydrogens is 404 g/mol. The number of thioether (sulfide) groups is 1. The molecule has 160 valence electrons. The highest BCUT2D eigenvalue weighted by molar-refractivity contribution is 8.03. The predicted molar refractivity (Wildman–Crippen MR) is 126 cm³/mol. The minimum Gasteiger partial charge on any atom is -0.466 e. The molecule has 1 fully saturated rings. The first-order valence-electron chi connectivity index (χ1n) is 11.0. The van der Waals surface area contributed by atoms with Crippen LogP contribution in [0.5, 0.6) is 0 Å². The van der Waals surface area contributed by atoms with Gasteiger partial charge in [-0.1, -0.05) is 60.3 Å². The molecule has 0 bridgehead atoms. The van der Waals surface area contributed by atoms with E-state index in [1.54, 1.807) is 0 Å². The van der Waals surface area contributed by atoms with Gasteiger partial charge in [-0.25, -0.2) is 0 Å². The molecule has 1 N–H and O–H groups in total. The van der Waals surface area contributed by atoms with Crippen molar-refractivity contribution in [3.8, 4) is 11.1 Å². The SMILES string of the molecule is CCOC(=O)C1CC1CN1C=CC2=C(C1)SC(c1cccc(-c3ccccc3)c1C)N2. The summed E-state index contributed by atoms with van der Waals surface area (Å²) in [6.07, 6.45) is 5.31. The van der Waals surface area contributed by atoms with E-state index in [1.807, 2.05) is 18.7 Å². The quantitative estimate of drug-likeness (QED) is 0.633. The molecule has 3 atom stereocenters. The van der Waals surface area contributed by atoms with Gasteiger partial charge in [0.05, 0.1) is 19.1 Å². The molecule has 0 saturated heterocycles. The zero-order valence-corrected chi connectivity index (χ0v) is 18.8. The lowest BCUT2D eigenvalue weighted by Crippen LogP contribution is -2.26. The molecule has 31 heavy (non-hydrogen) atoms. The fraction of sp³-hybridized carbons (Fsp3) is 0.346. The first-order chi connectivity index (χ1) is 15.1. The van der Waals surface area contributed by atoms with Crippen LogP contribution in [-0.4, -0.2) is 30.6 Å². The number of ether oxygens (including phenoxy) is 1. The minimum atomic E-state index is -0.0286. The van der Waals surface area contributed by atoms with Crippen molar-refractivity contribution in [2.45, 2.75) is 25.6 Å². The summed E-state index contributed by atoms with van der Waals surface area (Å²) in [6.45, 7) is 6.39. The maximum absolute atomic E-state index is 11.9. The Balaban J connectivity index is 1.24. The number of esters is 1. The number of benzene rings is 2. The first-order valence-corrected chi connectivity index (χ1v) is 11.9. The molecule has 1 aliphatic carbocycles. The van der Waals surface area contributed by atoms with Gasteiger partial charge in [0.2, 0.25) is 0 Å². The van der Waals surface area contributed by atoms with Gasteiger partial charge in [-0.3, -0.25) is 4.79 Å². The molecule has 3 aliphatic rings. The summed E-state index contributed by atoms with van der Waals surface area (Å²) < 4.78 is 5.17. The molecular formula is C26H28N2O2S. The number of rotatable bonds is 6. The topological polar surface area (TPSA) is 41.6 Å². The number of allylic oxidation sites excluding steroid dienone is 1. The van der Waals surface area contributed by atoms with Crippen LogP contribution in [0.3, 0.4) is 0 Å². The van der Waals surface area contributed by atoms with E-state index in [2.05, 4.69) is 77.9 Å². The normalized spacial score (nSPS) is 24.1. The molecule has 1 saturated carbocycles. The molecule has 3 unspecified atom stereocenters. The summed E-state index contributed by atoms with van der Waals surface area (Å²) in [5.74, 6) is 0.485. The van der Waals surface area contributed by atoms with E-state index < -0.39 is 0 Å². The molecule has 4 nitrogen and oxygen atoms in total. The maximum atomic E-state index is 11.9. The zero-order valence-electron chi connectivity index (χ0n) is 18.0. The Morgan fingerprint density at radius 1 is 1.19 bits per heavy atom. The Labute approximate surface area is 188 Å². The highest BCUT2D eigenvalue weighted by Gasteiger charge is 2.45. The average Bonchev–Trinajstić information content (AvgIpc) is 3.42. The monoisotopic (exact) mass is 432 g/mol. The molecule has 5 rings (SSSR count). The second-order valence-corrected chi connectivity index (χ2v) is 9.66. The largest absolute Gasteiger partial charge is 0.466 e. The molecule has 2 aromatic carbocycles. The van der Waals surface area contributed by atoms with Gasteiger partial charge in [-0.15, -0.1) is 0 Å². The maximum Gasteiger partial charge on any atom is 0.309 e. The van der Waals surface area contributed by atoms with Crippen LogP contribution in [0.15, 0.2) is 71.4 Å². The van der Waals surface area contributed by atoms with Crippen molar-refractivity contribution in [3.05, 3.63) is 82.5 Å². The van der Waals surface area contributed by atoms with Gasteiger partial charge in [0.25, 0.3) is 0 Å². The van der Waals surface area contributed by atoms with Gasteiger partial charge in [0, 0.05) is 23.3 Å². The number of carbonyl (C=O) groups excluding carboxylic acids is 1. The van der Waals surface area contributed by atoms with Crippen molar-refractivity contribution in [3.63, 3.8) is 0 Å². The van der Waals surface area contributed by atoms with E-state index in [-0.39, 0.29) is 17.3 Å². The molecule has 0 amide bonds. The standard InChI is InChI=1S/C26H28N2O2S/c1-3-30-26(29)22-14-19(22)15-28-13-12-23-24(16-28)31-25(27-23)21-11-7-10-20(17(21)2)18-8-5-4-6-9-18/h4-13,19,22,25,27H,3,14-16H2,1-2H3. The van der Waals surface area contributed by atoms with E-state index in [0.29, 0.717) is 12.5 Å². The summed E-state index contributed by atoms with van der Waals surface area (Å²) in [5.41, 5.74) is 6.45. The van der Waals surface area contributed by atoms with Gasteiger partial charge in [0.1, 0.15) is 5.37 Å². The van der Waals surface area contributed by atoms with Gasteiger partial charge < -0.3 is 15.0 Å². The predicted octanol–water partition coefficient (Wildman–Crippen LogP) is 5.24. The average molecular weight is 433 g/mol. The highest BCUT2D eigenvalue weighted by atomic mass is 32.2. The molecule has 2 aromatic rings. The van der Waals surface area contributed by atoms with Crippen molar-refractivity contribution < 1.29 is 9.53 Å². The Morgan fingerprint density at radius 2 is 2.03 bits per heavy atom. The lowest BCUT2D eigenvalue weighted by Gasteiger charge is -2.24. The zero-order chi connectivity index (χ0) is 21.4. The van der Waals surface area contributed by atoms with Crippen LogP contribution in [0, 0.1) is 18.8 Å². The van der Waals surface area contributed by atoms with E-state index in [9.17, 15) is 4.79 Å². The van der Waals surface area contributed by atoms with Crippen molar-refractivity contribution in [2.24, 2.45) is 11.8 Å². The third-order valence-corrected chi connectivity index (χ3v) is 7.61. The Morgan fingerprint density at radius 3 is 2.84 bits per heavy atom. The Kier molecular flexibility index (Phi) is 5.53. The molecule has 0 aromatic heterocycles. The second-order valence-electron chi connectivity index (χ2n) is 8.46. The second kappa shape index (κ2) is 8.46. The summed E-state index contributed by atoms with van der Waals surface area (Å²) >= 11 is 1.92. The van der Waals surface area contributed by atoms with E-state index in [4.69, 9.17) is 4.74 Å². The molecule has 5 heteroatoms. The molecule has 0 spiro atoms. The van der Waals surface area contributed by atoms with Crippen molar-refractivity contribution in [2.75, 3.05) is 19.7 Å². The third-order valence-electron chi connectivity index (χ3n) is 6.37. The number of nitrogens with zero attached hydrogens (tertiary/aromatic N) is 1. The summed E-state index contributed by atoms with van der Waals surface area (Å²) in [6, 6.07) is 17.2. The molecule has 2 aliphatic heterocycles. The fourth-order valence-corrected chi connectivity index (χ4v) is 5.91. The smallest absolute Gasteiger partial charge is 0.309 e. The fourth-order valence-electron chi connectivity index (χ4n) is 4.56. The number of hydrogen-bond acceptors (Lipinski definition) is 5. The van der Waals surface area contributed by atoms with Crippen LogP contribution >= 0.6 is 11.8 Å². The van der Waals surface area contributed by atoms with Gasteiger partial charge in [-0.2, -0.15) is 0 Å². The third kappa shape index (κ3) is 4.11. The summed E-state index contributed by atoms with van der Waals surface area (Å²) in [5, 5.41) is 3.95. The lowest BCUT2D eigenvalue weighted by molar-refractivity contribution is -0.145. The Bertz CT molecular complexity index is 1050. The van der Waals surface area contributed by atoms with Gasteiger partial charge >= 0.3 is 5.97 Å². The summed E-state index contributed by atoms with van der Waals surface area (Å²) in [4.78, 5) is 15.6. The van der Waals surface area contributed by atoms with Crippen molar-refractivity contribution in [1.82, 2.24) is 10.2 Å². The van der Waals surface area contributed by atoms with Crippen LogP contribution < -0.4 is 5.32 Å².